The van der Waals surface area contributed by atoms with Gasteiger partial charge in [0.2, 0.25) is 0 Å². The molecule has 3 heteroatoms. The number of nitrogens with one attached hydrogen (secondary N) is 1. The van der Waals surface area contributed by atoms with E-state index in [-0.39, 0.29) is 5.91 Å². The lowest BCUT2D eigenvalue weighted by Crippen LogP contribution is -2.14. The predicted octanol–water partition coefficient (Wildman–Crippen LogP) is 2.34. The fourth-order valence-corrected chi connectivity index (χ4v) is 1.23. The van der Waals surface area contributed by atoms with Gasteiger partial charge in [-0.3, -0.25) is 4.79 Å². The first kappa shape index (κ1) is 12.5. The molecule has 0 aromatic heterocycles. The van der Waals surface area contributed by atoms with Crippen LogP contribution in [0.25, 0.3) is 0 Å². The summed E-state index contributed by atoms with van der Waals surface area (Å²) in [7, 11) is 0. The number of aliphatic hydroxyl groups is 1. The third-order valence-electron chi connectivity index (χ3n) is 2.25. The Labute approximate surface area is 95.8 Å². The molecular formula is C13H17NO2. The van der Waals surface area contributed by atoms with E-state index in [9.17, 15) is 9.90 Å². The van der Waals surface area contributed by atoms with Crippen LogP contribution < -0.4 is 5.32 Å². The lowest BCUT2D eigenvalue weighted by Gasteiger charge is -2.07. The zero-order valence-electron chi connectivity index (χ0n) is 9.60. The van der Waals surface area contributed by atoms with Gasteiger partial charge in [0.25, 0.3) is 5.91 Å². The summed E-state index contributed by atoms with van der Waals surface area (Å²) in [5, 5.41) is 12.1. The fraction of sp³-hybridized carbons (Fsp3) is 0.308. The molecule has 0 aliphatic rings. The minimum absolute atomic E-state index is 0.182. The van der Waals surface area contributed by atoms with Crippen LogP contribution in [0.15, 0.2) is 42.0 Å². The van der Waals surface area contributed by atoms with E-state index in [1.807, 2.05) is 37.3 Å². The molecule has 86 valence electrons. The molecule has 0 radical (unpaired) electrons. The van der Waals surface area contributed by atoms with Crippen LogP contribution in [0.1, 0.15) is 20.3 Å². The Morgan fingerprint density at radius 2 is 2.06 bits per heavy atom. The van der Waals surface area contributed by atoms with E-state index < -0.39 is 6.10 Å². The van der Waals surface area contributed by atoms with Crippen molar-refractivity contribution < 1.29 is 9.90 Å². The average Bonchev–Trinajstić information content (AvgIpc) is 2.30. The van der Waals surface area contributed by atoms with Gasteiger partial charge in [0.1, 0.15) is 0 Å². The van der Waals surface area contributed by atoms with Crippen LogP contribution >= 0.6 is 0 Å². The van der Waals surface area contributed by atoms with E-state index in [0.717, 1.165) is 5.69 Å². The van der Waals surface area contributed by atoms with Gasteiger partial charge in [-0.1, -0.05) is 25.1 Å². The number of carbonyl (C=O) groups excluding carboxylic acids is 1. The highest BCUT2D eigenvalue weighted by Crippen LogP contribution is 2.08. The average molecular weight is 219 g/mol. The van der Waals surface area contributed by atoms with Gasteiger partial charge in [0, 0.05) is 11.3 Å². The SMILES string of the molecule is CCC(O)C=C(C)C(=O)Nc1ccccc1. The molecule has 1 rings (SSSR count). The van der Waals surface area contributed by atoms with Crippen LogP contribution in [0.3, 0.4) is 0 Å². The van der Waals surface area contributed by atoms with Crippen LogP contribution in [0.2, 0.25) is 0 Å². The van der Waals surface area contributed by atoms with E-state index in [1.165, 1.54) is 0 Å². The van der Waals surface area contributed by atoms with Crippen LogP contribution in [0, 0.1) is 0 Å². The second-order valence-corrected chi connectivity index (χ2v) is 3.65. The van der Waals surface area contributed by atoms with Crippen LogP contribution in [0.4, 0.5) is 5.69 Å². The quantitative estimate of drug-likeness (QED) is 0.764. The number of carbonyl (C=O) groups is 1. The maximum Gasteiger partial charge on any atom is 0.251 e. The molecule has 1 amide bonds. The Kier molecular flexibility index (Phi) is 4.73. The summed E-state index contributed by atoms with van der Waals surface area (Å²) >= 11 is 0. The van der Waals surface area contributed by atoms with Gasteiger partial charge in [-0.05, 0) is 31.6 Å². The third kappa shape index (κ3) is 3.87. The van der Waals surface area contributed by atoms with E-state index in [1.54, 1.807) is 13.0 Å². The molecule has 0 aliphatic carbocycles. The first-order valence-corrected chi connectivity index (χ1v) is 5.36. The Bertz CT molecular complexity index is 371. The summed E-state index contributed by atoms with van der Waals surface area (Å²) in [6.07, 6.45) is 1.62. The summed E-state index contributed by atoms with van der Waals surface area (Å²) in [5.74, 6) is -0.182. The van der Waals surface area contributed by atoms with Crippen LogP contribution in [-0.2, 0) is 4.79 Å². The molecule has 1 aromatic rings. The van der Waals surface area contributed by atoms with E-state index in [4.69, 9.17) is 0 Å². The zero-order valence-corrected chi connectivity index (χ0v) is 9.60. The van der Waals surface area contributed by atoms with Crippen molar-refractivity contribution in [2.75, 3.05) is 5.32 Å². The highest BCUT2D eigenvalue weighted by atomic mass is 16.3. The number of rotatable bonds is 4. The Hall–Kier alpha value is -1.61. The summed E-state index contributed by atoms with van der Waals surface area (Å²) in [4.78, 5) is 11.7. The van der Waals surface area contributed by atoms with Gasteiger partial charge < -0.3 is 10.4 Å². The third-order valence-corrected chi connectivity index (χ3v) is 2.25. The van der Waals surface area contributed by atoms with Crippen molar-refractivity contribution in [3.63, 3.8) is 0 Å². The molecule has 0 spiro atoms. The lowest BCUT2D eigenvalue weighted by molar-refractivity contribution is -0.112. The monoisotopic (exact) mass is 219 g/mol. The van der Waals surface area contributed by atoms with Gasteiger partial charge in [-0.15, -0.1) is 0 Å². The molecule has 0 saturated heterocycles. The smallest absolute Gasteiger partial charge is 0.251 e. The molecule has 2 N–H and O–H groups in total. The molecule has 1 unspecified atom stereocenters. The van der Waals surface area contributed by atoms with Crippen molar-refractivity contribution in [3.05, 3.63) is 42.0 Å². The highest BCUT2D eigenvalue weighted by Gasteiger charge is 2.06. The lowest BCUT2D eigenvalue weighted by atomic mass is 10.1. The van der Waals surface area contributed by atoms with Crippen LogP contribution in [0.5, 0.6) is 0 Å². The largest absolute Gasteiger partial charge is 0.389 e. The summed E-state index contributed by atoms with van der Waals surface area (Å²) in [6, 6.07) is 9.24. The fourth-order valence-electron chi connectivity index (χ4n) is 1.23. The minimum atomic E-state index is -0.554. The predicted molar refractivity (Wildman–Crippen MR) is 65.1 cm³/mol. The van der Waals surface area contributed by atoms with Gasteiger partial charge in [0.05, 0.1) is 6.10 Å². The van der Waals surface area contributed by atoms with Crippen molar-refractivity contribution in [1.29, 1.82) is 0 Å². The summed E-state index contributed by atoms with van der Waals surface area (Å²) in [6.45, 7) is 3.56. The Morgan fingerprint density at radius 3 is 2.62 bits per heavy atom. The zero-order chi connectivity index (χ0) is 12.0. The first-order valence-electron chi connectivity index (χ1n) is 5.36. The Morgan fingerprint density at radius 1 is 1.44 bits per heavy atom. The number of hydrogen-bond acceptors (Lipinski definition) is 2. The minimum Gasteiger partial charge on any atom is -0.389 e. The molecule has 0 aliphatic heterocycles. The second kappa shape index (κ2) is 6.08. The summed E-state index contributed by atoms with van der Waals surface area (Å²) in [5.41, 5.74) is 1.28. The Balaban J connectivity index is 2.63. The number of aliphatic hydroxyl groups excluding tert-OH is 1. The second-order valence-electron chi connectivity index (χ2n) is 3.65. The van der Waals surface area contributed by atoms with E-state index >= 15 is 0 Å². The normalized spacial score (nSPS) is 13.3. The van der Waals surface area contributed by atoms with Crippen molar-refractivity contribution in [2.24, 2.45) is 0 Å². The number of anilines is 1. The molecule has 16 heavy (non-hydrogen) atoms. The van der Waals surface area contributed by atoms with Crippen molar-refractivity contribution in [1.82, 2.24) is 0 Å². The topological polar surface area (TPSA) is 49.3 Å². The summed E-state index contributed by atoms with van der Waals surface area (Å²) < 4.78 is 0. The van der Waals surface area contributed by atoms with Gasteiger partial charge in [-0.25, -0.2) is 0 Å². The molecule has 0 bridgehead atoms. The standard InChI is InChI=1S/C13H17NO2/c1-3-12(15)9-10(2)13(16)14-11-7-5-4-6-8-11/h4-9,12,15H,3H2,1-2H3,(H,14,16). The molecule has 0 fully saturated rings. The number of benzene rings is 1. The maximum absolute atomic E-state index is 11.7. The van der Waals surface area contributed by atoms with Gasteiger partial charge in [-0.2, -0.15) is 0 Å². The van der Waals surface area contributed by atoms with Crippen LogP contribution in [-0.4, -0.2) is 17.1 Å². The highest BCUT2D eigenvalue weighted by molar-refractivity contribution is 6.03. The van der Waals surface area contributed by atoms with Crippen molar-refractivity contribution in [3.8, 4) is 0 Å². The maximum atomic E-state index is 11.7. The molecule has 1 atom stereocenters. The number of hydrogen-bond donors (Lipinski definition) is 2. The molecule has 0 saturated carbocycles. The molecule has 1 aromatic carbocycles. The van der Waals surface area contributed by atoms with Gasteiger partial charge >= 0.3 is 0 Å². The first-order chi connectivity index (χ1) is 7.63. The number of amides is 1. The van der Waals surface area contributed by atoms with Crippen molar-refractivity contribution in [2.45, 2.75) is 26.4 Å². The van der Waals surface area contributed by atoms with E-state index in [2.05, 4.69) is 5.32 Å². The molecule has 3 nitrogen and oxygen atoms in total. The number of para-hydroxylation sites is 1. The molecule has 0 heterocycles. The van der Waals surface area contributed by atoms with E-state index in [0.29, 0.717) is 12.0 Å². The molecular weight excluding hydrogens is 202 g/mol. The van der Waals surface area contributed by atoms with Gasteiger partial charge in [0.15, 0.2) is 0 Å². The van der Waals surface area contributed by atoms with Crippen molar-refractivity contribution >= 4 is 11.6 Å².